The molecule has 104 valence electrons. The monoisotopic (exact) mass is 288 g/mol. The van der Waals surface area contributed by atoms with Crippen molar-refractivity contribution < 1.29 is 13.2 Å². The fourth-order valence-electron chi connectivity index (χ4n) is 1.94. The highest BCUT2D eigenvalue weighted by Gasteiger charge is 2.14. The third kappa shape index (κ3) is 3.78. The van der Waals surface area contributed by atoms with E-state index < -0.39 is 9.84 Å². The van der Waals surface area contributed by atoms with Gasteiger partial charge in [-0.15, -0.1) is 0 Å². The molecule has 4 heteroatoms. The maximum absolute atomic E-state index is 12.0. The number of hydrogen-bond donors (Lipinski definition) is 0. The van der Waals surface area contributed by atoms with Gasteiger partial charge >= 0.3 is 0 Å². The molecule has 2 aromatic rings. The fraction of sp³-hybridized carbons (Fsp3) is 0.188. The molecule has 0 unspecified atom stereocenters. The zero-order chi connectivity index (χ0) is 14.4. The summed E-state index contributed by atoms with van der Waals surface area (Å²) in [7, 11) is -3.29. The first-order valence-corrected chi connectivity index (χ1v) is 8.11. The Labute approximate surface area is 119 Å². The number of rotatable bonds is 6. The van der Waals surface area contributed by atoms with E-state index in [4.69, 9.17) is 0 Å². The van der Waals surface area contributed by atoms with Crippen LogP contribution in [0, 0.1) is 0 Å². The maximum Gasteiger partial charge on any atom is 0.178 e. The standard InChI is InChI=1S/C16H16O3S/c17-16(14-8-3-1-4-9-14)12-7-13-20(18,19)15-10-5-2-6-11-15/h1-6,8-11H,7,12-13H2. The molecule has 0 heterocycles. The zero-order valence-corrected chi connectivity index (χ0v) is 11.8. The molecule has 0 amide bonds. The Bertz CT molecular complexity index is 661. The summed E-state index contributed by atoms with van der Waals surface area (Å²) in [5.41, 5.74) is 0.629. The molecule has 0 N–H and O–H groups in total. The van der Waals surface area contributed by atoms with Gasteiger partial charge in [0, 0.05) is 12.0 Å². The van der Waals surface area contributed by atoms with Crippen LogP contribution in [-0.4, -0.2) is 20.0 Å². The maximum atomic E-state index is 12.0. The quantitative estimate of drug-likeness (QED) is 0.767. The third-order valence-electron chi connectivity index (χ3n) is 3.01. The lowest BCUT2D eigenvalue weighted by Gasteiger charge is -2.04. The normalized spacial score (nSPS) is 11.2. The average Bonchev–Trinajstić information content (AvgIpc) is 2.49. The van der Waals surface area contributed by atoms with Crippen molar-refractivity contribution in [3.63, 3.8) is 0 Å². The van der Waals surface area contributed by atoms with Crippen molar-refractivity contribution in [3.05, 3.63) is 66.2 Å². The highest BCUT2D eigenvalue weighted by molar-refractivity contribution is 7.91. The molecule has 0 saturated carbocycles. The van der Waals surface area contributed by atoms with Crippen LogP contribution in [0.2, 0.25) is 0 Å². The van der Waals surface area contributed by atoms with Crippen molar-refractivity contribution in [3.8, 4) is 0 Å². The van der Waals surface area contributed by atoms with Crippen LogP contribution in [0.25, 0.3) is 0 Å². The first-order chi connectivity index (χ1) is 9.59. The van der Waals surface area contributed by atoms with Crippen LogP contribution in [-0.2, 0) is 9.84 Å². The van der Waals surface area contributed by atoms with E-state index >= 15 is 0 Å². The molecule has 0 aliphatic heterocycles. The largest absolute Gasteiger partial charge is 0.294 e. The minimum absolute atomic E-state index is 0.00438. The minimum Gasteiger partial charge on any atom is -0.294 e. The Morgan fingerprint density at radius 1 is 0.850 bits per heavy atom. The highest BCUT2D eigenvalue weighted by Crippen LogP contribution is 2.13. The molecule has 0 fully saturated rings. The van der Waals surface area contributed by atoms with Crippen molar-refractivity contribution in [1.29, 1.82) is 0 Å². The van der Waals surface area contributed by atoms with E-state index in [9.17, 15) is 13.2 Å². The second-order valence-electron chi connectivity index (χ2n) is 4.52. The Morgan fingerprint density at radius 2 is 1.40 bits per heavy atom. The summed E-state index contributed by atoms with van der Waals surface area (Å²) in [5.74, 6) is -0.0240. The molecule has 0 radical (unpaired) electrons. The summed E-state index contributed by atoms with van der Waals surface area (Å²) in [6.45, 7) is 0. The lowest BCUT2D eigenvalue weighted by molar-refractivity contribution is 0.0982. The van der Waals surface area contributed by atoms with E-state index in [1.807, 2.05) is 6.07 Å². The average molecular weight is 288 g/mol. The van der Waals surface area contributed by atoms with Crippen molar-refractivity contribution in [2.45, 2.75) is 17.7 Å². The van der Waals surface area contributed by atoms with Crippen LogP contribution in [0.15, 0.2) is 65.6 Å². The summed E-state index contributed by atoms with van der Waals surface area (Å²) >= 11 is 0. The number of ketones is 1. The predicted octanol–water partition coefficient (Wildman–Crippen LogP) is 3.12. The smallest absolute Gasteiger partial charge is 0.178 e. The van der Waals surface area contributed by atoms with Crippen LogP contribution >= 0.6 is 0 Å². The van der Waals surface area contributed by atoms with Crippen LogP contribution in [0.5, 0.6) is 0 Å². The molecule has 0 saturated heterocycles. The molecule has 2 aromatic carbocycles. The summed E-state index contributed by atoms with van der Waals surface area (Å²) in [6, 6.07) is 17.3. The molecule has 2 rings (SSSR count). The first kappa shape index (κ1) is 14.5. The second-order valence-corrected chi connectivity index (χ2v) is 6.63. The molecule has 3 nitrogen and oxygen atoms in total. The lowest BCUT2D eigenvalue weighted by Crippen LogP contribution is -2.09. The molecule has 0 atom stereocenters. The lowest BCUT2D eigenvalue weighted by atomic mass is 10.1. The Hall–Kier alpha value is -1.94. The topological polar surface area (TPSA) is 51.2 Å². The highest BCUT2D eigenvalue weighted by atomic mass is 32.2. The van der Waals surface area contributed by atoms with Gasteiger partial charge in [0.15, 0.2) is 15.6 Å². The predicted molar refractivity (Wildman–Crippen MR) is 78.5 cm³/mol. The van der Waals surface area contributed by atoms with E-state index in [-0.39, 0.29) is 18.0 Å². The third-order valence-corrected chi connectivity index (χ3v) is 4.83. The van der Waals surface area contributed by atoms with Gasteiger partial charge in [-0.3, -0.25) is 4.79 Å². The number of benzene rings is 2. The second kappa shape index (κ2) is 6.48. The summed E-state index contributed by atoms with van der Waals surface area (Å²) < 4.78 is 24.1. The molecular formula is C16H16O3S. The minimum atomic E-state index is -3.29. The molecule has 0 aliphatic rings. The Kier molecular flexibility index (Phi) is 4.69. The molecule has 0 aromatic heterocycles. The first-order valence-electron chi connectivity index (χ1n) is 6.46. The number of sulfone groups is 1. The van der Waals surface area contributed by atoms with E-state index in [0.29, 0.717) is 16.9 Å². The molecule has 0 spiro atoms. The van der Waals surface area contributed by atoms with Crippen LogP contribution in [0.4, 0.5) is 0 Å². The van der Waals surface area contributed by atoms with E-state index in [2.05, 4.69) is 0 Å². The van der Waals surface area contributed by atoms with E-state index in [1.165, 1.54) is 0 Å². The summed E-state index contributed by atoms with van der Waals surface area (Å²) in [6.07, 6.45) is 0.584. The van der Waals surface area contributed by atoms with Gasteiger partial charge in [0.1, 0.15) is 0 Å². The number of carbonyl (C=O) groups is 1. The SMILES string of the molecule is O=C(CCCS(=O)(=O)c1ccccc1)c1ccccc1. The van der Waals surface area contributed by atoms with Crippen molar-refractivity contribution >= 4 is 15.6 Å². The van der Waals surface area contributed by atoms with Crippen LogP contribution < -0.4 is 0 Å². The zero-order valence-electron chi connectivity index (χ0n) is 11.0. The fourth-order valence-corrected chi connectivity index (χ4v) is 3.27. The van der Waals surface area contributed by atoms with Gasteiger partial charge in [-0.05, 0) is 18.6 Å². The van der Waals surface area contributed by atoms with Crippen LogP contribution in [0.1, 0.15) is 23.2 Å². The number of hydrogen-bond acceptors (Lipinski definition) is 3. The van der Waals surface area contributed by atoms with Gasteiger partial charge in [0.25, 0.3) is 0 Å². The van der Waals surface area contributed by atoms with Gasteiger partial charge in [-0.25, -0.2) is 8.42 Å². The molecule has 20 heavy (non-hydrogen) atoms. The summed E-state index contributed by atoms with van der Waals surface area (Å²) in [5, 5.41) is 0. The van der Waals surface area contributed by atoms with E-state index in [1.54, 1.807) is 54.6 Å². The van der Waals surface area contributed by atoms with Gasteiger partial charge in [-0.1, -0.05) is 48.5 Å². The summed E-state index contributed by atoms with van der Waals surface area (Å²) in [4.78, 5) is 12.2. The Morgan fingerprint density at radius 3 is 2.00 bits per heavy atom. The number of carbonyl (C=O) groups excluding carboxylic acids is 1. The molecular weight excluding hydrogens is 272 g/mol. The van der Waals surface area contributed by atoms with Crippen LogP contribution in [0.3, 0.4) is 0 Å². The Balaban J connectivity index is 1.92. The van der Waals surface area contributed by atoms with Gasteiger partial charge < -0.3 is 0 Å². The van der Waals surface area contributed by atoms with Gasteiger partial charge in [0.2, 0.25) is 0 Å². The molecule has 0 bridgehead atoms. The van der Waals surface area contributed by atoms with Crippen molar-refractivity contribution in [1.82, 2.24) is 0 Å². The molecule has 0 aliphatic carbocycles. The van der Waals surface area contributed by atoms with Gasteiger partial charge in [-0.2, -0.15) is 0 Å². The van der Waals surface area contributed by atoms with Crippen molar-refractivity contribution in [2.75, 3.05) is 5.75 Å². The number of Topliss-reactive ketones (excluding diaryl/α,β-unsaturated/α-hetero) is 1. The van der Waals surface area contributed by atoms with E-state index in [0.717, 1.165) is 0 Å². The van der Waals surface area contributed by atoms with Gasteiger partial charge in [0.05, 0.1) is 10.6 Å². The van der Waals surface area contributed by atoms with Crippen molar-refractivity contribution in [2.24, 2.45) is 0 Å².